The number of hydrogen-bond acceptors (Lipinski definition) is 4. The molecule has 0 amide bonds. The number of carboxylic acid groups (broad SMARTS) is 1. The van der Waals surface area contributed by atoms with E-state index in [1.165, 1.54) is 12.1 Å². The third-order valence-corrected chi connectivity index (χ3v) is 3.55. The number of pyridine rings is 1. The number of carbonyl (C=O) groups is 1. The van der Waals surface area contributed by atoms with E-state index in [2.05, 4.69) is 9.98 Å². The minimum absolute atomic E-state index is 0.108. The zero-order valence-corrected chi connectivity index (χ0v) is 12.4. The number of rotatable bonds is 3. The molecular weight excluding hydrogens is 316 g/mol. The van der Waals surface area contributed by atoms with Crippen molar-refractivity contribution in [2.75, 3.05) is 0 Å². The zero-order chi connectivity index (χ0) is 16.4. The van der Waals surface area contributed by atoms with Crippen LogP contribution in [0.3, 0.4) is 0 Å². The van der Waals surface area contributed by atoms with E-state index in [0.29, 0.717) is 32.9 Å². The number of halogens is 1. The molecule has 5 nitrogen and oxygen atoms in total. The molecule has 0 aliphatic heterocycles. The van der Waals surface area contributed by atoms with Crippen LogP contribution < -0.4 is 0 Å². The minimum Gasteiger partial charge on any atom is -0.478 e. The van der Waals surface area contributed by atoms with Crippen molar-refractivity contribution < 1.29 is 14.7 Å². The molecular formula is C17H9ClN2O3. The first-order chi connectivity index (χ1) is 11.1. The molecule has 0 spiro atoms. The van der Waals surface area contributed by atoms with Crippen molar-refractivity contribution >= 4 is 40.2 Å². The quantitative estimate of drug-likeness (QED) is 0.577. The van der Waals surface area contributed by atoms with Gasteiger partial charge in [-0.3, -0.25) is 0 Å². The highest BCUT2D eigenvalue weighted by Crippen LogP contribution is 2.28. The lowest BCUT2D eigenvalue weighted by atomic mass is 10.0. The molecule has 23 heavy (non-hydrogen) atoms. The van der Waals surface area contributed by atoms with Gasteiger partial charge in [-0.25, -0.2) is 14.6 Å². The minimum atomic E-state index is -1.07. The van der Waals surface area contributed by atoms with Gasteiger partial charge in [-0.2, -0.15) is 4.99 Å². The van der Waals surface area contributed by atoms with Gasteiger partial charge in [0.15, 0.2) is 0 Å². The highest BCUT2D eigenvalue weighted by Gasteiger charge is 2.13. The Bertz CT molecular complexity index is 979. The average molecular weight is 325 g/mol. The monoisotopic (exact) mass is 324 g/mol. The van der Waals surface area contributed by atoms with E-state index in [9.17, 15) is 14.7 Å². The predicted octanol–water partition coefficient (Wildman–Crippen LogP) is 4.22. The second-order valence-electron chi connectivity index (χ2n) is 4.78. The van der Waals surface area contributed by atoms with E-state index >= 15 is 0 Å². The Labute approximate surface area is 135 Å². The third-order valence-electron chi connectivity index (χ3n) is 3.32. The Morgan fingerprint density at radius 2 is 2.00 bits per heavy atom. The van der Waals surface area contributed by atoms with Gasteiger partial charge < -0.3 is 5.11 Å². The van der Waals surface area contributed by atoms with Crippen LogP contribution in [-0.2, 0) is 4.79 Å². The summed E-state index contributed by atoms with van der Waals surface area (Å²) in [6, 6.07) is 13.1. The van der Waals surface area contributed by atoms with Crippen LogP contribution in [0, 0.1) is 0 Å². The van der Waals surface area contributed by atoms with Gasteiger partial charge in [-0.1, -0.05) is 23.7 Å². The maximum absolute atomic E-state index is 11.5. The molecule has 3 rings (SSSR count). The smallest absolute Gasteiger partial charge is 0.336 e. The summed E-state index contributed by atoms with van der Waals surface area (Å²) in [7, 11) is 0. The van der Waals surface area contributed by atoms with E-state index < -0.39 is 5.97 Å². The molecule has 0 atom stereocenters. The summed E-state index contributed by atoms with van der Waals surface area (Å²) in [4.78, 5) is 29.9. The first kappa shape index (κ1) is 14.9. The molecule has 2 aromatic carbocycles. The molecule has 0 aliphatic carbocycles. The summed E-state index contributed by atoms with van der Waals surface area (Å²) in [5.41, 5.74) is 2.18. The molecule has 0 bridgehead atoms. The van der Waals surface area contributed by atoms with Crippen molar-refractivity contribution in [1.82, 2.24) is 4.98 Å². The van der Waals surface area contributed by atoms with Crippen LogP contribution in [-0.4, -0.2) is 22.1 Å². The Hall–Kier alpha value is -3.01. The molecule has 0 saturated carbocycles. The van der Waals surface area contributed by atoms with Gasteiger partial charge in [0.25, 0.3) is 0 Å². The lowest BCUT2D eigenvalue weighted by Gasteiger charge is -2.08. The second kappa shape index (κ2) is 6.01. The maximum atomic E-state index is 11.5. The predicted molar refractivity (Wildman–Crippen MR) is 86.9 cm³/mol. The van der Waals surface area contributed by atoms with E-state index in [1.54, 1.807) is 42.5 Å². The molecule has 0 aliphatic rings. The van der Waals surface area contributed by atoms with Crippen molar-refractivity contribution in [2.24, 2.45) is 4.99 Å². The van der Waals surface area contributed by atoms with Crippen molar-refractivity contribution in [1.29, 1.82) is 0 Å². The van der Waals surface area contributed by atoms with Crippen LogP contribution in [0.2, 0.25) is 5.02 Å². The van der Waals surface area contributed by atoms with Crippen molar-refractivity contribution in [3.05, 3.63) is 59.1 Å². The Morgan fingerprint density at radius 1 is 1.17 bits per heavy atom. The van der Waals surface area contributed by atoms with Gasteiger partial charge in [0.2, 0.25) is 6.08 Å². The van der Waals surface area contributed by atoms with Crippen LogP contribution in [0.25, 0.3) is 22.2 Å². The summed E-state index contributed by atoms with van der Waals surface area (Å²) in [6.45, 7) is 0. The lowest BCUT2D eigenvalue weighted by Crippen LogP contribution is -2.00. The van der Waals surface area contributed by atoms with Crippen molar-refractivity contribution in [2.45, 2.75) is 0 Å². The van der Waals surface area contributed by atoms with Gasteiger partial charge in [-0.15, -0.1) is 0 Å². The Kier molecular flexibility index (Phi) is 3.89. The number of aromatic nitrogens is 1. The van der Waals surface area contributed by atoms with E-state index in [4.69, 9.17) is 11.6 Å². The van der Waals surface area contributed by atoms with Crippen molar-refractivity contribution in [3.63, 3.8) is 0 Å². The second-order valence-corrected chi connectivity index (χ2v) is 5.21. The number of aliphatic imine (C=N–C) groups is 1. The zero-order valence-electron chi connectivity index (χ0n) is 11.7. The number of hydrogen-bond donors (Lipinski definition) is 1. The largest absolute Gasteiger partial charge is 0.478 e. The Balaban J connectivity index is 2.26. The summed E-state index contributed by atoms with van der Waals surface area (Å²) in [5.74, 6) is -1.07. The summed E-state index contributed by atoms with van der Waals surface area (Å²) >= 11 is 5.94. The number of aromatic carboxylic acids is 1. The highest BCUT2D eigenvalue weighted by atomic mass is 35.5. The standard InChI is InChI=1S/C17H9ClN2O3/c18-11-4-5-15-13(7-11)14(17(22)23)8-16(20-15)10-2-1-3-12(6-10)19-9-21/h1-8H,(H,22,23). The first-order valence-corrected chi connectivity index (χ1v) is 6.98. The fraction of sp³-hybridized carbons (Fsp3) is 0. The SMILES string of the molecule is O=C=Nc1cccc(-c2cc(C(=O)O)c3cc(Cl)ccc3n2)c1. The van der Waals surface area contributed by atoms with E-state index in [-0.39, 0.29) is 5.56 Å². The van der Waals surface area contributed by atoms with Gasteiger partial charge in [-0.05, 0) is 36.4 Å². The molecule has 6 heteroatoms. The maximum Gasteiger partial charge on any atom is 0.336 e. The Morgan fingerprint density at radius 3 is 2.74 bits per heavy atom. The lowest BCUT2D eigenvalue weighted by molar-refractivity contribution is 0.0699. The van der Waals surface area contributed by atoms with Gasteiger partial charge >= 0.3 is 5.97 Å². The summed E-state index contributed by atoms with van der Waals surface area (Å²) in [6.07, 6.45) is 1.47. The number of benzene rings is 2. The van der Waals surface area contributed by atoms with E-state index in [1.807, 2.05) is 0 Å². The molecule has 0 saturated heterocycles. The van der Waals surface area contributed by atoms with Crippen LogP contribution in [0.5, 0.6) is 0 Å². The van der Waals surface area contributed by atoms with Crippen LogP contribution in [0.1, 0.15) is 10.4 Å². The molecule has 1 N–H and O–H groups in total. The molecule has 0 unspecified atom stereocenters. The summed E-state index contributed by atoms with van der Waals surface area (Å²) < 4.78 is 0. The van der Waals surface area contributed by atoms with Crippen LogP contribution >= 0.6 is 11.6 Å². The number of carbonyl (C=O) groups excluding carboxylic acids is 1. The number of isocyanates is 1. The summed E-state index contributed by atoms with van der Waals surface area (Å²) in [5, 5.41) is 10.4. The van der Waals surface area contributed by atoms with Crippen molar-refractivity contribution in [3.8, 4) is 11.3 Å². The first-order valence-electron chi connectivity index (χ1n) is 6.60. The van der Waals surface area contributed by atoms with Gasteiger partial charge in [0.05, 0.1) is 22.5 Å². The number of nitrogens with zero attached hydrogens (tertiary/aromatic N) is 2. The number of carboxylic acids is 1. The van der Waals surface area contributed by atoms with Gasteiger partial charge in [0, 0.05) is 16.0 Å². The molecule has 0 radical (unpaired) electrons. The fourth-order valence-corrected chi connectivity index (χ4v) is 2.48. The van der Waals surface area contributed by atoms with Crippen LogP contribution in [0.4, 0.5) is 5.69 Å². The molecule has 3 aromatic rings. The molecule has 112 valence electrons. The fourth-order valence-electron chi connectivity index (χ4n) is 2.31. The van der Waals surface area contributed by atoms with Gasteiger partial charge in [0.1, 0.15) is 0 Å². The molecule has 1 heterocycles. The average Bonchev–Trinajstić information content (AvgIpc) is 2.54. The number of fused-ring (bicyclic) bond motifs is 1. The molecule has 1 aromatic heterocycles. The van der Waals surface area contributed by atoms with Crippen LogP contribution in [0.15, 0.2) is 53.5 Å². The normalized spacial score (nSPS) is 10.3. The topological polar surface area (TPSA) is 79.6 Å². The third kappa shape index (κ3) is 2.97. The molecule has 0 fully saturated rings. The highest BCUT2D eigenvalue weighted by molar-refractivity contribution is 6.31. The van der Waals surface area contributed by atoms with E-state index in [0.717, 1.165) is 0 Å².